The number of nitriles is 2. The van der Waals surface area contributed by atoms with Crippen molar-refractivity contribution < 1.29 is 4.92 Å². The molecule has 0 aliphatic rings. The molecule has 6 heteroatoms. The van der Waals surface area contributed by atoms with E-state index in [1.807, 2.05) is 12.1 Å². The van der Waals surface area contributed by atoms with E-state index >= 15 is 0 Å². The maximum Gasteiger partial charge on any atom is 0.292 e. The van der Waals surface area contributed by atoms with Crippen molar-refractivity contribution in [2.75, 3.05) is 11.9 Å². The zero-order valence-electron chi connectivity index (χ0n) is 10.1. The number of anilines is 1. The largest absolute Gasteiger partial charge is 0.365 e. The summed E-state index contributed by atoms with van der Waals surface area (Å²) in [6.07, 6.45) is 0.254. The standard InChI is InChI=1S/C12H12N4O2/c1-9(5-6-13)15(2)12-7-10(8-14)3-4-11(12)16(17)18/h3-4,7,9H,5H2,1-2H3. The molecule has 92 valence electrons. The van der Waals surface area contributed by atoms with Crippen LogP contribution in [0.15, 0.2) is 18.2 Å². The second kappa shape index (κ2) is 5.65. The summed E-state index contributed by atoms with van der Waals surface area (Å²) in [7, 11) is 1.67. The number of hydrogen-bond donors (Lipinski definition) is 0. The summed E-state index contributed by atoms with van der Waals surface area (Å²) < 4.78 is 0. The van der Waals surface area contributed by atoms with Gasteiger partial charge in [0.05, 0.1) is 29.0 Å². The molecule has 0 heterocycles. The highest BCUT2D eigenvalue weighted by Crippen LogP contribution is 2.29. The Labute approximate surface area is 105 Å². The van der Waals surface area contributed by atoms with Gasteiger partial charge in [0.1, 0.15) is 5.69 Å². The van der Waals surface area contributed by atoms with Gasteiger partial charge < -0.3 is 4.90 Å². The van der Waals surface area contributed by atoms with Crippen molar-refractivity contribution in [2.45, 2.75) is 19.4 Å². The minimum Gasteiger partial charge on any atom is -0.365 e. The smallest absolute Gasteiger partial charge is 0.292 e. The molecule has 6 nitrogen and oxygen atoms in total. The van der Waals surface area contributed by atoms with E-state index < -0.39 is 4.92 Å². The molecular weight excluding hydrogens is 232 g/mol. The predicted octanol–water partition coefficient (Wildman–Crippen LogP) is 2.20. The Hall–Kier alpha value is -2.60. The number of hydrogen-bond acceptors (Lipinski definition) is 5. The number of benzene rings is 1. The molecule has 1 rings (SSSR count). The Balaban J connectivity index is 3.24. The van der Waals surface area contributed by atoms with Crippen LogP contribution in [0.4, 0.5) is 11.4 Å². The Morgan fingerprint density at radius 2 is 2.17 bits per heavy atom. The lowest BCUT2D eigenvalue weighted by atomic mass is 10.1. The van der Waals surface area contributed by atoms with Crippen LogP contribution < -0.4 is 4.90 Å². The fourth-order valence-electron chi connectivity index (χ4n) is 1.54. The fourth-order valence-corrected chi connectivity index (χ4v) is 1.54. The molecule has 0 fully saturated rings. The molecule has 0 saturated carbocycles. The highest BCUT2D eigenvalue weighted by Gasteiger charge is 2.20. The average molecular weight is 244 g/mol. The van der Waals surface area contributed by atoms with E-state index in [1.54, 1.807) is 18.9 Å². The minimum absolute atomic E-state index is 0.0683. The summed E-state index contributed by atoms with van der Waals surface area (Å²) in [5.74, 6) is 0. The lowest BCUT2D eigenvalue weighted by Gasteiger charge is -2.24. The second-order valence-electron chi connectivity index (χ2n) is 3.89. The van der Waals surface area contributed by atoms with Crippen LogP contribution in [-0.2, 0) is 0 Å². The first-order chi connectivity index (χ1) is 8.51. The van der Waals surface area contributed by atoms with Crippen molar-refractivity contribution in [3.8, 4) is 12.1 Å². The molecule has 0 aromatic heterocycles. The molecule has 0 amide bonds. The summed E-state index contributed by atoms with van der Waals surface area (Å²) in [4.78, 5) is 12.1. The molecule has 0 bridgehead atoms. The van der Waals surface area contributed by atoms with Gasteiger partial charge in [-0.1, -0.05) is 0 Å². The zero-order chi connectivity index (χ0) is 13.7. The maximum atomic E-state index is 10.9. The molecule has 0 N–H and O–H groups in total. The van der Waals surface area contributed by atoms with Crippen molar-refractivity contribution in [2.24, 2.45) is 0 Å². The topological polar surface area (TPSA) is 94.0 Å². The molecule has 18 heavy (non-hydrogen) atoms. The van der Waals surface area contributed by atoms with Gasteiger partial charge in [-0.25, -0.2) is 0 Å². The van der Waals surface area contributed by atoms with Gasteiger partial charge in [-0.05, 0) is 19.1 Å². The van der Waals surface area contributed by atoms with Crippen LogP contribution in [0.2, 0.25) is 0 Å². The summed E-state index contributed by atoms with van der Waals surface area (Å²) in [6.45, 7) is 1.80. The third-order valence-electron chi connectivity index (χ3n) is 2.73. The van der Waals surface area contributed by atoms with Gasteiger partial charge in [-0.2, -0.15) is 10.5 Å². The predicted molar refractivity (Wildman–Crippen MR) is 65.9 cm³/mol. The molecular formula is C12H12N4O2. The maximum absolute atomic E-state index is 10.9. The van der Waals surface area contributed by atoms with E-state index in [4.69, 9.17) is 10.5 Å². The Kier molecular flexibility index (Phi) is 4.22. The molecule has 0 spiro atoms. The average Bonchev–Trinajstić information content (AvgIpc) is 2.37. The summed E-state index contributed by atoms with van der Waals surface area (Å²) in [5.41, 5.74) is 0.634. The number of nitrogens with zero attached hydrogens (tertiary/aromatic N) is 4. The molecule has 1 aromatic rings. The molecule has 0 saturated heterocycles. The van der Waals surface area contributed by atoms with Gasteiger partial charge in [0.2, 0.25) is 0 Å². The molecule has 1 aromatic carbocycles. The SMILES string of the molecule is CC(CC#N)N(C)c1cc(C#N)ccc1[N+](=O)[O-]. The summed E-state index contributed by atoms with van der Waals surface area (Å²) >= 11 is 0. The normalized spacial score (nSPS) is 11.1. The third kappa shape index (κ3) is 2.74. The van der Waals surface area contributed by atoms with Gasteiger partial charge in [-0.3, -0.25) is 10.1 Å². The van der Waals surface area contributed by atoms with E-state index in [0.29, 0.717) is 11.3 Å². The fraction of sp³-hybridized carbons (Fsp3) is 0.333. The minimum atomic E-state index is -0.494. The number of rotatable bonds is 4. The van der Waals surface area contributed by atoms with Crippen LogP contribution in [0.25, 0.3) is 0 Å². The first-order valence-electron chi connectivity index (χ1n) is 5.29. The quantitative estimate of drug-likeness (QED) is 0.597. The second-order valence-corrected chi connectivity index (χ2v) is 3.89. The molecule has 0 radical (unpaired) electrons. The van der Waals surface area contributed by atoms with Crippen molar-refractivity contribution in [3.63, 3.8) is 0 Å². The van der Waals surface area contributed by atoms with E-state index in [1.165, 1.54) is 18.2 Å². The summed E-state index contributed by atoms with van der Waals surface area (Å²) in [5, 5.41) is 28.4. The number of nitro groups is 1. The van der Waals surface area contributed by atoms with Crippen LogP contribution in [0, 0.1) is 32.8 Å². The molecule has 1 unspecified atom stereocenters. The Morgan fingerprint density at radius 3 is 2.67 bits per heavy atom. The van der Waals surface area contributed by atoms with E-state index in [-0.39, 0.29) is 18.2 Å². The zero-order valence-corrected chi connectivity index (χ0v) is 10.1. The van der Waals surface area contributed by atoms with Crippen molar-refractivity contribution >= 4 is 11.4 Å². The summed E-state index contributed by atoms with van der Waals surface area (Å²) in [6, 6.07) is 7.98. The third-order valence-corrected chi connectivity index (χ3v) is 2.73. The van der Waals surface area contributed by atoms with E-state index in [9.17, 15) is 10.1 Å². The Morgan fingerprint density at radius 1 is 1.50 bits per heavy atom. The highest BCUT2D eigenvalue weighted by atomic mass is 16.6. The van der Waals surface area contributed by atoms with Gasteiger partial charge in [-0.15, -0.1) is 0 Å². The van der Waals surface area contributed by atoms with E-state index in [2.05, 4.69) is 0 Å². The van der Waals surface area contributed by atoms with Crippen molar-refractivity contribution in [1.29, 1.82) is 10.5 Å². The highest BCUT2D eigenvalue weighted by molar-refractivity contribution is 5.66. The first-order valence-corrected chi connectivity index (χ1v) is 5.29. The van der Waals surface area contributed by atoms with Crippen LogP contribution >= 0.6 is 0 Å². The Bertz CT molecular complexity index is 542. The van der Waals surface area contributed by atoms with Gasteiger partial charge in [0, 0.05) is 19.2 Å². The lowest BCUT2D eigenvalue weighted by Crippen LogP contribution is -2.29. The van der Waals surface area contributed by atoms with Crippen molar-refractivity contribution in [3.05, 3.63) is 33.9 Å². The monoisotopic (exact) mass is 244 g/mol. The van der Waals surface area contributed by atoms with Crippen LogP contribution in [-0.4, -0.2) is 18.0 Å². The van der Waals surface area contributed by atoms with Gasteiger partial charge >= 0.3 is 0 Å². The van der Waals surface area contributed by atoms with Crippen LogP contribution in [0.5, 0.6) is 0 Å². The first kappa shape index (κ1) is 13.5. The number of nitro benzene ring substituents is 1. The molecule has 1 atom stereocenters. The van der Waals surface area contributed by atoms with Crippen LogP contribution in [0.1, 0.15) is 18.9 Å². The lowest BCUT2D eigenvalue weighted by molar-refractivity contribution is -0.384. The molecule has 0 aliphatic carbocycles. The van der Waals surface area contributed by atoms with Gasteiger partial charge in [0.25, 0.3) is 5.69 Å². The van der Waals surface area contributed by atoms with Gasteiger partial charge in [0.15, 0.2) is 0 Å². The van der Waals surface area contributed by atoms with E-state index in [0.717, 1.165) is 0 Å². The molecule has 0 aliphatic heterocycles. The van der Waals surface area contributed by atoms with Crippen LogP contribution in [0.3, 0.4) is 0 Å². The van der Waals surface area contributed by atoms with Crippen molar-refractivity contribution in [1.82, 2.24) is 0 Å².